The number of rotatable bonds is 3. The summed E-state index contributed by atoms with van der Waals surface area (Å²) < 4.78 is 18.6. The van der Waals surface area contributed by atoms with Crippen LogP contribution in [0.15, 0.2) is 52.9 Å². The number of halogens is 1. The number of hydrogen-bond acceptors (Lipinski definition) is 4. The van der Waals surface area contributed by atoms with Gasteiger partial charge in [-0.25, -0.2) is 9.18 Å². The highest BCUT2D eigenvalue weighted by Gasteiger charge is 2.23. The summed E-state index contributed by atoms with van der Waals surface area (Å²) in [4.78, 5) is 18.5. The van der Waals surface area contributed by atoms with E-state index < -0.39 is 0 Å². The molecule has 2 heterocycles. The highest BCUT2D eigenvalue weighted by atomic mass is 19.1. The van der Waals surface area contributed by atoms with Crippen molar-refractivity contribution in [1.82, 2.24) is 9.88 Å². The van der Waals surface area contributed by atoms with Crippen molar-refractivity contribution >= 4 is 28.8 Å². The molecule has 0 atom stereocenters. The summed E-state index contributed by atoms with van der Waals surface area (Å²) in [7, 11) is 0. The number of benzene rings is 2. The average molecular weight is 354 g/mol. The second-order valence-corrected chi connectivity index (χ2v) is 6.33. The Balaban J connectivity index is 1.30. The molecule has 0 aliphatic carbocycles. The van der Waals surface area contributed by atoms with Crippen LogP contribution in [-0.4, -0.2) is 35.0 Å². The Kier molecular flexibility index (Phi) is 4.43. The molecule has 1 fully saturated rings. The zero-order valence-electron chi connectivity index (χ0n) is 14.1. The standard InChI is InChI=1S/C19H19FN4O2/c20-13-5-7-14(8-6-13)22-19(25)24-11-9-15(10-12-24)21-18-23-16-3-1-2-4-17(16)26-18/h1-8,15H,9-12H2,(H,21,23)(H,22,25). The van der Waals surface area contributed by atoms with Crippen LogP contribution >= 0.6 is 0 Å². The third kappa shape index (κ3) is 3.61. The van der Waals surface area contributed by atoms with E-state index in [4.69, 9.17) is 4.42 Å². The second-order valence-electron chi connectivity index (χ2n) is 6.33. The van der Waals surface area contributed by atoms with Crippen molar-refractivity contribution in [1.29, 1.82) is 0 Å². The van der Waals surface area contributed by atoms with E-state index in [1.807, 2.05) is 24.3 Å². The minimum atomic E-state index is -0.325. The van der Waals surface area contributed by atoms with Gasteiger partial charge in [0, 0.05) is 24.8 Å². The van der Waals surface area contributed by atoms with Crippen LogP contribution in [-0.2, 0) is 0 Å². The summed E-state index contributed by atoms with van der Waals surface area (Å²) in [6, 6.07) is 13.9. The molecule has 1 aliphatic rings. The Bertz CT molecular complexity index is 868. The van der Waals surface area contributed by atoms with Crippen LogP contribution in [0.2, 0.25) is 0 Å². The quantitative estimate of drug-likeness (QED) is 0.744. The number of oxazole rings is 1. The van der Waals surface area contributed by atoms with Gasteiger partial charge in [0.1, 0.15) is 11.3 Å². The van der Waals surface area contributed by atoms with Gasteiger partial charge in [0.25, 0.3) is 6.01 Å². The Labute approximate surface area is 150 Å². The third-order valence-corrected chi connectivity index (χ3v) is 4.50. The van der Waals surface area contributed by atoms with Crippen molar-refractivity contribution in [3.05, 3.63) is 54.3 Å². The minimum Gasteiger partial charge on any atom is -0.424 e. The molecule has 3 aromatic rings. The molecule has 0 unspecified atom stereocenters. The van der Waals surface area contributed by atoms with Crippen LogP contribution in [0, 0.1) is 5.82 Å². The van der Waals surface area contributed by atoms with Crippen LogP contribution in [0.5, 0.6) is 0 Å². The Morgan fingerprint density at radius 1 is 1.12 bits per heavy atom. The second kappa shape index (κ2) is 7.03. The summed E-state index contributed by atoms with van der Waals surface area (Å²) in [6.45, 7) is 1.26. The molecule has 7 heteroatoms. The smallest absolute Gasteiger partial charge is 0.321 e. The van der Waals surface area contributed by atoms with Crippen molar-refractivity contribution in [3.63, 3.8) is 0 Å². The number of anilines is 2. The number of piperidine rings is 1. The maximum absolute atomic E-state index is 12.9. The molecule has 0 saturated carbocycles. The lowest BCUT2D eigenvalue weighted by Gasteiger charge is -2.32. The summed E-state index contributed by atoms with van der Waals surface area (Å²) in [5.41, 5.74) is 2.17. The van der Waals surface area contributed by atoms with E-state index in [0.717, 1.165) is 23.9 Å². The third-order valence-electron chi connectivity index (χ3n) is 4.50. The maximum atomic E-state index is 12.9. The first-order valence-electron chi connectivity index (χ1n) is 8.61. The van der Waals surface area contributed by atoms with E-state index >= 15 is 0 Å². The molecule has 2 aromatic carbocycles. The maximum Gasteiger partial charge on any atom is 0.321 e. The molecule has 2 amide bonds. The number of nitrogens with one attached hydrogen (secondary N) is 2. The SMILES string of the molecule is O=C(Nc1ccc(F)cc1)N1CCC(Nc2nc3ccccc3o2)CC1. The number of fused-ring (bicyclic) bond motifs is 1. The lowest BCUT2D eigenvalue weighted by atomic mass is 10.1. The van der Waals surface area contributed by atoms with Gasteiger partial charge in [-0.1, -0.05) is 12.1 Å². The zero-order chi connectivity index (χ0) is 17.9. The van der Waals surface area contributed by atoms with Crippen LogP contribution in [0.4, 0.5) is 20.9 Å². The van der Waals surface area contributed by atoms with Gasteiger partial charge in [-0.2, -0.15) is 4.98 Å². The number of carbonyl (C=O) groups is 1. The van der Waals surface area contributed by atoms with Crippen molar-refractivity contribution < 1.29 is 13.6 Å². The van der Waals surface area contributed by atoms with Gasteiger partial charge >= 0.3 is 6.03 Å². The molecule has 4 rings (SSSR count). The Hall–Kier alpha value is -3.09. The number of hydrogen-bond donors (Lipinski definition) is 2. The summed E-state index contributed by atoms with van der Waals surface area (Å²) in [6.07, 6.45) is 1.60. The molecule has 0 spiro atoms. The van der Waals surface area contributed by atoms with Crippen molar-refractivity contribution in [2.45, 2.75) is 18.9 Å². The van der Waals surface area contributed by atoms with E-state index in [-0.39, 0.29) is 17.9 Å². The first-order valence-corrected chi connectivity index (χ1v) is 8.61. The lowest BCUT2D eigenvalue weighted by molar-refractivity contribution is 0.196. The Morgan fingerprint density at radius 3 is 2.58 bits per heavy atom. The molecule has 26 heavy (non-hydrogen) atoms. The molecule has 2 N–H and O–H groups in total. The van der Waals surface area contributed by atoms with Crippen molar-refractivity contribution in [2.75, 3.05) is 23.7 Å². The van der Waals surface area contributed by atoms with Crippen LogP contribution in [0.1, 0.15) is 12.8 Å². The average Bonchev–Trinajstić information content (AvgIpc) is 3.06. The van der Waals surface area contributed by atoms with Gasteiger partial charge in [-0.05, 0) is 49.2 Å². The molecule has 1 saturated heterocycles. The lowest BCUT2D eigenvalue weighted by Crippen LogP contribution is -2.44. The van der Waals surface area contributed by atoms with Gasteiger partial charge in [-0.3, -0.25) is 0 Å². The van der Waals surface area contributed by atoms with Gasteiger partial charge in [0.15, 0.2) is 5.58 Å². The number of nitrogens with zero attached hydrogens (tertiary/aromatic N) is 2. The molecular weight excluding hydrogens is 335 g/mol. The first-order chi connectivity index (χ1) is 12.7. The van der Waals surface area contributed by atoms with Crippen LogP contribution in [0.3, 0.4) is 0 Å². The fourth-order valence-corrected chi connectivity index (χ4v) is 3.07. The number of carbonyl (C=O) groups excluding carboxylic acids is 1. The van der Waals surface area contributed by atoms with E-state index in [1.165, 1.54) is 12.1 Å². The summed E-state index contributed by atoms with van der Waals surface area (Å²) in [5, 5.41) is 6.10. The number of likely N-dealkylation sites (tertiary alicyclic amines) is 1. The fraction of sp³-hybridized carbons (Fsp3) is 0.263. The normalized spacial score (nSPS) is 15.2. The number of para-hydroxylation sites is 2. The van der Waals surface area contributed by atoms with E-state index in [2.05, 4.69) is 15.6 Å². The molecule has 1 aromatic heterocycles. The molecule has 6 nitrogen and oxygen atoms in total. The van der Waals surface area contributed by atoms with Gasteiger partial charge < -0.3 is 20.0 Å². The first kappa shape index (κ1) is 16.4. The van der Waals surface area contributed by atoms with E-state index in [1.54, 1.807) is 17.0 Å². The monoisotopic (exact) mass is 354 g/mol. The van der Waals surface area contributed by atoms with Crippen molar-refractivity contribution in [2.24, 2.45) is 0 Å². The molecule has 0 bridgehead atoms. The molecular formula is C19H19FN4O2. The summed E-state index contributed by atoms with van der Waals surface area (Å²) in [5.74, 6) is -0.325. The zero-order valence-corrected chi connectivity index (χ0v) is 14.1. The predicted octanol–water partition coefficient (Wildman–Crippen LogP) is 4.08. The van der Waals surface area contributed by atoms with Crippen LogP contribution in [0.25, 0.3) is 11.1 Å². The number of amides is 2. The predicted molar refractivity (Wildman–Crippen MR) is 97.6 cm³/mol. The van der Waals surface area contributed by atoms with Crippen LogP contribution < -0.4 is 10.6 Å². The molecule has 1 aliphatic heterocycles. The van der Waals surface area contributed by atoms with E-state index in [0.29, 0.717) is 24.8 Å². The highest BCUT2D eigenvalue weighted by molar-refractivity contribution is 5.89. The summed E-state index contributed by atoms with van der Waals surface area (Å²) >= 11 is 0. The fourth-order valence-electron chi connectivity index (χ4n) is 3.07. The number of urea groups is 1. The van der Waals surface area contributed by atoms with Gasteiger partial charge in [0.2, 0.25) is 0 Å². The Morgan fingerprint density at radius 2 is 1.85 bits per heavy atom. The topological polar surface area (TPSA) is 70.4 Å². The molecule has 0 radical (unpaired) electrons. The largest absolute Gasteiger partial charge is 0.424 e. The van der Waals surface area contributed by atoms with E-state index in [9.17, 15) is 9.18 Å². The minimum absolute atomic E-state index is 0.170. The van der Waals surface area contributed by atoms with Crippen molar-refractivity contribution in [3.8, 4) is 0 Å². The highest BCUT2D eigenvalue weighted by Crippen LogP contribution is 2.21. The van der Waals surface area contributed by atoms with Gasteiger partial charge in [-0.15, -0.1) is 0 Å². The molecule has 134 valence electrons. The van der Waals surface area contributed by atoms with Gasteiger partial charge in [0.05, 0.1) is 0 Å². The number of aromatic nitrogens is 1.